The molecule has 5 nitrogen and oxygen atoms in total. The lowest BCUT2D eigenvalue weighted by Gasteiger charge is -2.10. The van der Waals surface area contributed by atoms with E-state index in [2.05, 4.69) is 33.0 Å². The van der Waals surface area contributed by atoms with Gasteiger partial charge in [0.25, 0.3) is 5.89 Å². The van der Waals surface area contributed by atoms with E-state index in [-0.39, 0.29) is 12.6 Å². The lowest BCUT2D eigenvalue weighted by Crippen LogP contribution is -2.18. The molecule has 2 rings (SSSR count). The monoisotopic (exact) mass is 353 g/mol. The molecule has 1 atom stereocenters. The van der Waals surface area contributed by atoms with Crippen LogP contribution in [0.15, 0.2) is 27.2 Å². The molecule has 0 radical (unpaired) electrons. The van der Waals surface area contributed by atoms with Gasteiger partial charge < -0.3 is 15.0 Å². The summed E-state index contributed by atoms with van der Waals surface area (Å²) >= 11 is 3.52. The molecule has 0 aliphatic carbocycles. The highest BCUT2D eigenvalue weighted by atomic mass is 79.9. The molecule has 0 saturated carbocycles. The van der Waals surface area contributed by atoms with E-state index < -0.39 is 0 Å². The molecule has 1 unspecified atom stereocenters. The van der Waals surface area contributed by atoms with Crippen molar-refractivity contribution in [2.45, 2.75) is 45.8 Å². The number of nitrogens with zero attached hydrogens (tertiary/aromatic N) is 2. The van der Waals surface area contributed by atoms with Crippen molar-refractivity contribution in [3.8, 4) is 5.75 Å². The minimum Gasteiger partial charge on any atom is -0.484 e. The lowest BCUT2D eigenvalue weighted by molar-refractivity contribution is 0.242. The van der Waals surface area contributed by atoms with Crippen LogP contribution in [-0.4, -0.2) is 16.2 Å². The first-order valence-electron chi connectivity index (χ1n) is 7.06. The van der Waals surface area contributed by atoms with Gasteiger partial charge in [-0.05, 0) is 43.5 Å². The van der Waals surface area contributed by atoms with E-state index in [0.29, 0.717) is 5.89 Å². The third-order valence-electron chi connectivity index (χ3n) is 2.91. The molecule has 0 fully saturated rings. The van der Waals surface area contributed by atoms with Gasteiger partial charge in [0.05, 0.1) is 0 Å². The van der Waals surface area contributed by atoms with Crippen LogP contribution in [0.4, 0.5) is 0 Å². The second-order valence-electron chi connectivity index (χ2n) is 5.08. The molecular weight excluding hydrogens is 334 g/mol. The first-order chi connectivity index (χ1) is 10.1. The van der Waals surface area contributed by atoms with Gasteiger partial charge in [0.1, 0.15) is 5.75 Å². The Morgan fingerprint density at radius 1 is 1.43 bits per heavy atom. The van der Waals surface area contributed by atoms with E-state index >= 15 is 0 Å². The molecule has 6 heteroatoms. The highest BCUT2D eigenvalue weighted by Gasteiger charge is 2.08. The van der Waals surface area contributed by atoms with Crippen molar-refractivity contribution in [3.05, 3.63) is 40.0 Å². The molecule has 0 spiro atoms. The van der Waals surface area contributed by atoms with Crippen molar-refractivity contribution in [1.82, 2.24) is 10.1 Å². The van der Waals surface area contributed by atoms with Crippen LogP contribution in [-0.2, 0) is 19.4 Å². The van der Waals surface area contributed by atoms with Crippen molar-refractivity contribution in [3.63, 3.8) is 0 Å². The zero-order valence-corrected chi connectivity index (χ0v) is 13.9. The van der Waals surface area contributed by atoms with Crippen LogP contribution >= 0.6 is 15.9 Å². The van der Waals surface area contributed by atoms with E-state index in [1.54, 1.807) is 0 Å². The van der Waals surface area contributed by atoms with Crippen LogP contribution in [0.5, 0.6) is 5.75 Å². The number of aromatic nitrogens is 2. The minimum atomic E-state index is 0.101. The highest BCUT2D eigenvalue weighted by Crippen LogP contribution is 2.24. The van der Waals surface area contributed by atoms with Gasteiger partial charge in [-0.25, -0.2) is 0 Å². The summed E-state index contributed by atoms with van der Waals surface area (Å²) in [5.41, 5.74) is 6.97. The molecule has 0 aliphatic heterocycles. The summed E-state index contributed by atoms with van der Waals surface area (Å²) in [5.74, 6) is 1.99. The van der Waals surface area contributed by atoms with Gasteiger partial charge in [-0.15, -0.1) is 0 Å². The van der Waals surface area contributed by atoms with Gasteiger partial charge in [0, 0.05) is 16.9 Å². The molecule has 114 valence electrons. The predicted octanol–water partition coefficient (Wildman–Crippen LogP) is 3.25. The second kappa shape index (κ2) is 7.56. The quantitative estimate of drug-likeness (QED) is 0.826. The Balaban J connectivity index is 1.98. The van der Waals surface area contributed by atoms with E-state index in [1.165, 1.54) is 0 Å². The van der Waals surface area contributed by atoms with Crippen molar-refractivity contribution >= 4 is 15.9 Å². The topological polar surface area (TPSA) is 74.2 Å². The number of halogens is 1. The van der Waals surface area contributed by atoms with Crippen molar-refractivity contribution < 1.29 is 9.26 Å². The normalized spacial score (nSPS) is 12.4. The molecule has 1 heterocycles. The summed E-state index contributed by atoms with van der Waals surface area (Å²) in [6, 6.07) is 5.95. The first-order valence-corrected chi connectivity index (χ1v) is 7.86. The predicted molar refractivity (Wildman–Crippen MR) is 84.1 cm³/mol. The van der Waals surface area contributed by atoms with Gasteiger partial charge in [-0.1, -0.05) is 28.0 Å². The Morgan fingerprint density at radius 2 is 2.24 bits per heavy atom. The summed E-state index contributed by atoms with van der Waals surface area (Å²) in [4.78, 5) is 4.27. The van der Waals surface area contributed by atoms with Crippen molar-refractivity contribution in [2.24, 2.45) is 5.73 Å². The second-order valence-corrected chi connectivity index (χ2v) is 5.93. The molecule has 0 amide bonds. The maximum atomic E-state index is 5.84. The van der Waals surface area contributed by atoms with Crippen LogP contribution in [0.1, 0.15) is 37.5 Å². The number of hydrogen-bond acceptors (Lipinski definition) is 5. The number of aryl methyl sites for hydroxylation is 1. The first kappa shape index (κ1) is 16.0. The Bertz CT molecular complexity index is 584. The van der Waals surface area contributed by atoms with Crippen LogP contribution < -0.4 is 10.5 Å². The summed E-state index contributed by atoms with van der Waals surface area (Å²) in [5, 5.41) is 3.90. The largest absolute Gasteiger partial charge is 0.484 e. The number of rotatable bonds is 7. The Hall–Kier alpha value is -1.40. The zero-order chi connectivity index (χ0) is 15.2. The third-order valence-corrected chi connectivity index (χ3v) is 3.68. The van der Waals surface area contributed by atoms with Crippen LogP contribution in [0.25, 0.3) is 0 Å². The maximum absolute atomic E-state index is 5.84. The maximum Gasteiger partial charge on any atom is 0.264 e. The molecule has 0 bridgehead atoms. The average molecular weight is 354 g/mol. The summed E-state index contributed by atoms with van der Waals surface area (Å²) < 4.78 is 11.9. The number of benzene rings is 1. The fourth-order valence-electron chi connectivity index (χ4n) is 1.96. The Morgan fingerprint density at radius 3 is 2.95 bits per heavy atom. The molecule has 2 aromatic rings. The standard InChI is InChI=1S/C15H20BrN3O2/c1-3-4-14-18-15(21-19-14)9-20-12-5-6-13(16)11(8-12)7-10(2)17/h5-6,8,10H,3-4,7,9,17H2,1-2H3. The summed E-state index contributed by atoms with van der Waals surface area (Å²) in [7, 11) is 0. The van der Waals surface area contributed by atoms with Gasteiger partial charge in [-0.3, -0.25) is 0 Å². The fraction of sp³-hybridized carbons (Fsp3) is 0.467. The van der Waals surface area contributed by atoms with Crippen molar-refractivity contribution in [2.75, 3.05) is 0 Å². The molecular formula is C15H20BrN3O2. The minimum absolute atomic E-state index is 0.101. The van der Waals surface area contributed by atoms with Crippen LogP contribution in [0, 0.1) is 0 Å². The van der Waals surface area contributed by atoms with Crippen molar-refractivity contribution in [1.29, 1.82) is 0 Å². The summed E-state index contributed by atoms with van der Waals surface area (Å²) in [6.45, 7) is 4.33. The molecule has 1 aromatic heterocycles. The van der Waals surface area contributed by atoms with Gasteiger partial charge in [0.15, 0.2) is 12.4 Å². The van der Waals surface area contributed by atoms with E-state index in [4.69, 9.17) is 15.0 Å². The van der Waals surface area contributed by atoms with E-state index in [9.17, 15) is 0 Å². The molecule has 21 heavy (non-hydrogen) atoms. The van der Waals surface area contributed by atoms with Gasteiger partial charge >= 0.3 is 0 Å². The molecule has 0 aliphatic rings. The molecule has 1 aromatic carbocycles. The van der Waals surface area contributed by atoms with Crippen LogP contribution in [0.2, 0.25) is 0 Å². The summed E-state index contributed by atoms with van der Waals surface area (Å²) in [6.07, 6.45) is 2.60. The molecule has 2 N–H and O–H groups in total. The van der Waals surface area contributed by atoms with E-state index in [0.717, 1.165) is 40.9 Å². The average Bonchev–Trinajstić information content (AvgIpc) is 2.87. The Kier molecular flexibility index (Phi) is 5.76. The van der Waals surface area contributed by atoms with E-state index in [1.807, 2.05) is 25.1 Å². The zero-order valence-electron chi connectivity index (χ0n) is 12.3. The van der Waals surface area contributed by atoms with Gasteiger partial charge in [-0.2, -0.15) is 4.98 Å². The Labute approximate surface area is 133 Å². The number of nitrogens with two attached hydrogens (primary N) is 1. The highest BCUT2D eigenvalue weighted by molar-refractivity contribution is 9.10. The number of hydrogen-bond donors (Lipinski definition) is 1. The van der Waals surface area contributed by atoms with Crippen LogP contribution in [0.3, 0.4) is 0 Å². The fourth-order valence-corrected chi connectivity index (χ4v) is 2.37. The third kappa shape index (κ3) is 4.82. The lowest BCUT2D eigenvalue weighted by atomic mass is 10.1. The molecule has 0 saturated heterocycles. The van der Waals surface area contributed by atoms with Gasteiger partial charge in [0.2, 0.25) is 0 Å². The smallest absolute Gasteiger partial charge is 0.264 e. The SMILES string of the molecule is CCCc1noc(COc2ccc(Br)c(CC(C)N)c2)n1. The number of ether oxygens (including phenoxy) is 1.